The molecule has 3 saturated heterocycles. The van der Waals surface area contributed by atoms with Crippen LogP contribution < -0.4 is 15.5 Å². The Hall–Kier alpha value is -3.25. The van der Waals surface area contributed by atoms with Gasteiger partial charge in [-0.15, -0.1) is 0 Å². The number of nitriles is 1. The van der Waals surface area contributed by atoms with Gasteiger partial charge < -0.3 is 15.5 Å². The first-order valence-electron chi connectivity index (χ1n) is 14.7. The molecule has 3 aromatic rings. The fourth-order valence-electron chi connectivity index (χ4n) is 7.02. The van der Waals surface area contributed by atoms with Gasteiger partial charge >= 0.3 is 0 Å². The highest BCUT2D eigenvalue weighted by molar-refractivity contribution is 5.95. The van der Waals surface area contributed by atoms with E-state index < -0.39 is 0 Å². The molecular weight excluding hydrogens is 484 g/mol. The molecule has 8 nitrogen and oxygen atoms in total. The molecule has 204 valence electrons. The molecule has 0 radical (unpaired) electrons. The van der Waals surface area contributed by atoms with Crippen LogP contribution in [-0.4, -0.2) is 89.2 Å². The summed E-state index contributed by atoms with van der Waals surface area (Å²) in [6.45, 7) is 14.7. The van der Waals surface area contributed by atoms with Crippen molar-refractivity contribution < 1.29 is 1.37 Å². The van der Waals surface area contributed by atoms with Crippen LogP contribution in [0.15, 0.2) is 48.8 Å². The van der Waals surface area contributed by atoms with Crippen LogP contribution >= 0.6 is 0 Å². The molecule has 0 bridgehead atoms. The van der Waals surface area contributed by atoms with Crippen molar-refractivity contribution in [2.24, 2.45) is 5.73 Å². The van der Waals surface area contributed by atoms with E-state index in [1.165, 1.54) is 5.56 Å². The molecule has 3 fully saturated rings. The van der Waals surface area contributed by atoms with Crippen LogP contribution in [0.2, 0.25) is 0 Å². The second-order valence-electron chi connectivity index (χ2n) is 12.4. The van der Waals surface area contributed by atoms with E-state index in [9.17, 15) is 5.26 Å². The third-order valence-electron chi connectivity index (χ3n) is 8.97. The summed E-state index contributed by atoms with van der Waals surface area (Å²) in [7, 11) is 0. The molecule has 8 heteroatoms. The third kappa shape index (κ3) is 5.07. The Kier molecular flexibility index (Phi) is 6.38. The van der Waals surface area contributed by atoms with Crippen molar-refractivity contribution in [3.05, 3.63) is 59.9 Å². The minimum Gasteiger partial charge on any atom is -0.368 e. The van der Waals surface area contributed by atoms with Gasteiger partial charge in [0, 0.05) is 92.9 Å². The monoisotopic (exact) mass is 525 g/mol. The van der Waals surface area contributed by atoms with Crippen LogP contribution in [0.25, 0.3) is 10.9 Å². The van der Waals surface area contributed by atoms with E-state index in [2.05, 4.69) is 69.6 Å². The maximum atomic E-state index is 9.62. The minimum absolute atomic E-state index is 0.00562. The predicted octanol–water partition coefficient (Wildman–Crippen LogP) is 3.26. The second kappa shape index (κ2) is 10.1. The third-order valence-corrected chi connectivity index (χ3v) is 8.97. The second-order valence-corrected chi connectivity index (χ2v) is 12.4. The largest absolute Gasteiger partial charge is 0.368 e. The lowest BCUT2D eigenvalue weighted by atomic mass is 9.89. The number of rotatable bonds is 5. The first-order valence-corrected chi connectivity index (χ1v) is 14.2. The van der Waals surface area contributed by atoms with Gasteiger partial charge in [0.05, 0.1) is 12.5 Å². The summed E-state index contributed by atoms with van der Waals surface area (Å²) in [4.78, 5) is 19.2. The number of aromatic nitrogens is 2. The summed E-state index contributed by atoms with van der Waals surface area (Å²) in [5.74, 6) is 1.03. The quantitative estimate of drug-likeness (QED) is 0.543. The molecule has 39 heavy (non-hydrogen) atoms. The number of hydrogen-bond acceptors (Lipinski definition) is 8. The van der Waals surface area contributed by atoms with E-state index in [4.69, 9.17) is 12.1 Å². The molecule has 0 unspecified atom stereocenters. The topological polar surface area (TPSA) is 88.5 Å². The van der Waals surface area contributed by atoms with Crippen LogP contribution in [-0.2, 0) is 6.42 Å². The molecule has 3 aliphatic rings. The van der Waals surface area contributed by atoms with E-state index in [1.807, 2.05) is 18.3 Å². The van der Waals surface area contributed by atoms with E-state index in [1.54, 1.807) is 6.07 Å². The highest BCUT2D eigenvalue weighted by Crippen LogP contribution is 2.35. The highest BCUT2D eigenvalue weighted by atomic mass is 15.4. The zero-order valence-corrected chi connectivity index (χ0v) is 23.4. The molecule has 0 amide bonds. The predicted molar refractivity (Wildman–Crippen MR) is 157 cm³/mol. The van der Waals surface area contributed by atoms with Crippen molar-refractivity contribution in [1.29, 1.82) is 5.26 Å². The highest BCUT2D eigenvalue weighted by Gasteiger charge is 2.45. The lowest BCUT2D eigenvalue weighted by Gasteiger charge is -2.57. The van der Waals surface area contributed by atoms with Gasteiger partial charge in [-0.3, -0.25) is 14.8 Å². The van der Waals surface area contributed by atoms with E-state index in [0.717, 1.165) is 82.1 Å². The molecule has 0 aliphatic carbocycles. The van der Waals surface area contributed by atoms with Crippen LogP contribution in [0.1, 0.15) is 39.7 Å². The normalized spacial score (nSPS) is 28.4. The molecule has 2 N–H and O–H groups in total. The standard InChI is InChI=1S/C31H40N8/c1-23-19-38(27-8-7-25(17-32)29-26(27)5-4-12-34-29)22-31(3)21-36(15-16-39(23)31)13-10-24-6-9-28(35-18-24)37-14-11-30(2,33)20-37/h4-9,12,18,23H,10-11,13-16,19-22,33H2,1-3H3/t23-,30-,31+/m1/s1/i12D. The Morgan fingerprint density at radius 2 is 1.95 bits per heavy atom. The molecule has 3 atom stereocenters. The fourth-order valence-corrected chi connectivity index (χ4v) is 7.02. The van der Waals surface area contributed by atoms with Crippen molar-refractivity contribution in [3.63, 3.8) is 0 Å². The van der Waals surface area contributed by atoms with Crippen molar-refractivity contribution in [1.82, 2.24) is 19.8 Å². The van der Waals surface area contributed by atoms with Gasteiger partial charge in [-0.25, -0.2) is 4.98 Å². The van der Waals surface area contributed by atoms with Crippen LogP contribution in [0.5, 0.6) is 0 Å². The zero-order valence-electron chi connectivity index (χ0n) is 24.4. The lowest BCUT2D eigenvalue weighted by molar-refractivity contribution is -0.0266. The first-order chi connectivity index (χ1) is 19.1. The van der Waals surface area contributed by atoms with Crippen LogP contribution in [0.3, 0.4) is 0 Å². The number of benzene rings is 1. The molecule has 3 aliphatic heterocycles. The molecular formula is C31H40N8. The zero-order chi connectivity index (χ0) is 28.1. The van der Waals surface area contributed by atoms with Crippen molar-refractivity contribution in [2.45, 2.75) is 50.7 Å². The molecule has 6 rings (SSSR count). The van der Waals surface area contributed by atoms with E-state index in [0.29, 0.717) is 17.1 Å². The summed E-state index contributed by atoms with van der Waals surface area (Å²) in [6.07, 6.45) is 4.21. The Morgan fingerprint density at radius 3 is 2.69 bits per heavy atom. The molecule has 1 aromatic carbocycles. The van der Waals surface area contributed by atoms with Gasteiger partial charge in [0.1, 0.15) is 11.9 Å². The van der Waals surface area contributed by atoms with Gasteiger partial charge in [-0.2, -0.15) is 5.26 Å². The molecule has 2 aromatic heterocycles. The summed E-state index contributed by atoms with van der Waals surface area (Å²) >= 11 is 0. The maximum absolute atomic E-state index is 9.62. The number of pyridine rings is 2. The number of hydrogen-bond donors (Lipinski definition) is 1. The minimum atomic E-state index is -0.125. The molecule has 0 saturated carbocycles. The average Bonchev–Trinajstić information content (AvgIpc) is 3.30. The molecule has 0 spiro atoms. The maximum Gasteiger partial charge on any atom is 0.128 e. The Bertz CT molecular complexity index is 1430. The fraction of sp³-hybridized carbons (Fsp3) is 0.516. The van der Waals surface area contributed by atoms with Gasteiger partial charge in [-0.05, 0) is 69.5 Å². The summed E-state index contributed by atoms with van der Waals surface area (Å²) < 4.78 is 7.98. The van der Waals surface area contributed by atoms with Crippen LogP contribution in [0.4, 0.5) is 11.5 Å². The van der Waals surface area contributed by atoms with Gasteiger partial charge in [0.2, 0.25) is 0 Å². The van der Waals surface area contributed by atoms with Gasteiger partial charge in [-0.1, -0.05) is 6.07 Å². The van der Waals surface area contributed by atoms with E-state index in [-0.39, 0.29) is 17.3 Å². The van der Waals surface area contributed by atoms with Gasteiger partial charge in [0.15, 0.2) is 0 Å². The van der Waals surface area contributed by atoms with Crippen molar-refractivity contribution >= 4 is 22.4 Å². The Balaban J connectivity index is 1.14. The number of nitrogens with two attached hydrogens (primary N) is 1. The van der Waals surface area contributed by atoms with Crippen molar-refractivity contribution in [2.75, 3.05) is 62.2 Å². The Labute approximate surface area is 233 Å². The van der Waals surface area contributed by atoms with Crippen molar-refractivity contribution in [3.8, 4) is 6.07 Å². The summed E-state index contributed by atoms with van der Waals surface area (Å²) in [5.41, 5.74) is 9.72. The lowest BCUT2D eigenvalue weighted by Crippen LogP contribution is -2.72. The Morgan fingerprint density at radius 1 is 1.08 bits per heavy atom. The number of fused-ring (bicyclic) bond motifs is 2. The van der Waals surface area contributed by atoms with Gasteiger partial charge in [0.25, 0.3) is 0 Å². The van der Waals surface area contributed by atoms with E-state index >= 15 is 0 Å². The summed E-state index contributed by atoms with van der Waals surface area (Å²) in [5, 5.41) is 10.6. The first kappa shape index (κ1) is 24.8. The number of anilines is 2. The molecule has 5 heterocycles. The van der Waals surface area contributed by atoms with Crippen LogP contribution in [0, 0.1) is 11.3 Å². The average molecular weight is 526 g/mol. The summed E-state index contributed by atoms with van der Waals surface area (Å²) in [6, 6.07) is 14.6. The smallest absolute Gasteiger partial charge is 0.128 e. The number of piperazine rings is 2. The SMILES string of the molecule is [2H]c1ccc2c(N3C[C@@H](C)N4CCN(CCc5ccc(N6CC[C@@](C)(N)C6)nc5)C[C@@]4(C)C3)ccc(C#N)c2n1. The number of nitrogens with zero attached hydrogens (tertiary/aromatic N) is 7.